The standard InChI is InChI=1S/C17H21N3O3/c1-17(2,3)20-16-12(9-18-20)11(8-15(22)19-16)10-5-6-13(21)14(7-10)23-4/h5-7,9,11,21H,8H2,1-4H3,(H,19,22)/t11-/m1/s1. The van der Waals surface area contributed by atoms with Gasteiger partial charge in [0.1, 0.15) is 5.82 Å². The Bertz CT molecular complexity index is 759. The highest BCUT2D eigenvalue weighted by molar-refractivity contribution is 5.94. The van der Waals surface area contributed by atoms with Gasteiger partial charge in [-0.2, -0.15) is 5.10 Å². The second-order valence-electron chi connectivity index (χ2n) is 6.77. The second-order valence-corrected chi connectivity index (χ2v) is 6.77. The zero-order valence-electron chi connectivity index (χ0n) is 13.8. The molecule has 2 aromatic rings. The molecule has 1 amide bonds. The lowest BCUT2D eigenvalue weighted by Gasteiger charge is -2.28. The van der Waals surface area contributed by atoms with Crippen molar-refractivity contribution in [3.8, 4) is 11.5 Å². The van der Waals surface area contributed by atoms with Crippen molar-refractivity contribution in [2.45, 2.75) is 38.6 Å². The fraction of sp³-hybridized carbons (Fsp3) is 0.412. The normalized spacial score (nSPS) is 17.6. The Labute approximate surface area is 135 Å². The summed E-state index contributed by atoms with van der Waals surface area (Å²) in [5, 5.41) is 17.2. The summed E-state index contributed by atoms with van der Waals surface area (Å²) in [6, 6.07) is 5.19. The third kappa shape index (κ3) is 2.65. The van der Waals surface area contributed by atoms with E-state index in [9.17, 15) is 9.90 Å². The number of hydrogen-bond donors (Lipinski definition) is 2. The lowest BCUT2D eigenvalue weighted by Crippen LogP contribution is -2.30. The maximum atomic E-state index is 12.2. The van der Waals surface area contributed by atoms with Gasteiger partial charge >= 0.3 is 0 Å². The van der Waals surface area contributed by atoms with Gasteiger partial charge in [-0.3, -0.25) is 4.79 Å². The van der Waals surface area contributed by atoms with Crippen LogP contribution >= 0.6 is 0 Å². The van der Waals surface area contributed by atoms with Crippen molar-refractivity contribution in [3.63, 3.8) is 0 Å². The molecular formula is C17H21N3O3. The number of carbonyl (C=O) groups excluding carboxylic acids is 1. The topological polar surface area (TPSA) is 76.4 Å². The van der Waals surface area contributed by atoms with Crippen molar-refractivity contribution < 1.29 is 14.6 Å². The highest BCUT2D eigenvalue weighted by atomic mass is 16.5. The molecule has 6 nitrogen and oxygen atoms in total. The summed E-state index contributed by atoms with van der Waals surface area (Å²) in [5.41, 5.74) is 1.67. The first-order valence-corrected chi connectivity index (χ1v) is 7.56. The number of phenolic OH excluding ortho intramolecular Hbond substituents is 1. The van der Waals surface area contributed by atoms with Gasteiger partial charge in [0.2, 0.25) is 5.91 Å². The Hall–Kier alpha value is -2.50. The molecule has 2 heterocycles. The molecule has 0 bridgehead atoms. The first kappa shape index (κ1) is 15.4. The summed E-state index contributed by atoms with van der Waals surface area (Å²) >= 11 is 0. The van der Waals surface area contributed by atoms with Crippen LogP contribution in [-0.4, -0.2) is 27.9 Å². The number of rotatable bonds is 2. The van der Waals surface area contributed by atoms with Gasteiger partial charge in [-0.25, -0.2) is 4.68 Å². The predicted octanol–water partition coefficient (Wildman–Crippen LogP) is 2.83. The van der Waals surface area contributed by atoms with Crippen LogP contribution in [-0.2, 0) is 10.3 Å². The Morgan fingerprint density at radius 3 is 2.78 bits per heavy atom. The number of amides is 1. The molecule has 1 aliphatic rings. The Morgan fingerprint density at radius 1 is 1.39 bits per heavy atom. The number of benzene rings is 1. The van der Waals surface area contributed by atoms with E-state index in [0.29, 0.717) is 12.2 Å². The molecule has 1 atom stereocenters. The van der Waals surface area contributed by atoms with Crippen LogP contribution in [0, 0.1) is 0 Å². The van der Waals surface area contributed by atoms with Crippen LogP contribution in [0.1, 0.15) is 44.2 Å². The average Bonchev–Trinajstić information content (AvgIpc) is 2.90. The Morgan fingerprint density at radius 2 is 2.13 bits per heavy atom. The molecule has 0 radical (unpaired) electrons. The van der Waals surface area contributed by atoms with Crippen LogP contribution in [0.25, 0.3) is 0 Å². The van der Waals surface area contributed by atoms with E-state index >= 15 is 0 Å². The van der Waals surface area contributed by atoms with Gasteiger partial charge in [-0.15, -0.1) is 0 Å². The number of fused-ring (bicyclic) bond motifs is 1. The third-order valence-electron chi connectivity index (χ3n) is 4.06. The minimum atomic E-state index is -0.227. The van der Waals surface area contributed by atoms with Crippen molar-refractivity contribution >= 4 is 11.7 Å². The molecule has 1 aliphatic heterocycles. The van der Waals surface area contributed by atoms with Gasteiger partial charge < -0.3 is 15.2 Å². The van der Waals surface area contributed by atoms with Crippen molar-refractivity contribution in [1.29, 1.82) is 0 Å². The quantitative estimate of drug-likeness (QED) is 0.893. The number of aromatic nitrogens is 2. The monoisotopic (exact) mass is 315 g/mol. The number of methoxy groups -OCH3 is 1. The van der Waals surface area contributed by atoms with Crippen LogP contribution in [0.15, 0.2) is 24.4 Å². The van der Waals surface area contributed by atoms with E-state index in [1.54, 1.807) is 12.1 Å². The van der Waals surface area contributed by atoms with Crippen molar-refractivity contribution in [1.82, 2.24) is 9.78 Å². The summed E-state index contributed by atoms with van der Waals surface area (Å²) in [6.07, 6.45) is 2.15. The number of nitrogens with one attached hydrogen (secondary N) is 1. The van der Waals surface area contributed by atoms with Crippen LogP contribution in [0.4, 0.5) is 5.82 Å². The van der Waals surface area contributed by atoms with E-state index in [-0.39, 0.29) is 23.1 Å². The van der Waals surface area contributed by atoms with E-state index in [1.807, 2.05) is 37.7 Å². The van der Waals surface area contributed by atoms with Crippen LogP contribution < -0.4 is 10.1 Å². The molecular weight excluding hydrogens is 294 g/mol. The third-order valence-corrected chi connectivity index (χ3v) is 4.06. The number of carbonyl (C=O) groups is 1. The molecule has 2 N–H and O–H groups in total. The summed E-state index contributed by atoms with van der Waals surface area (Å²) in [4.78, 5) is 12.2. The van der Waals surface area contributed by atoms with Crippen molar-refractivity contribution in [2.75, 3.05) is 12.4 Å². The Kier molecular flexibility index (Phi) is 3.55. The number of ether oxygens (including phenoxy) is 1. The molecule has 23 heavy (non-hydrogen) atoms. The Balaban J connectivity index is 2.10. The van der Waals surface area contributed by atoms with Crippen molar-refractivity contribution in [3.05, 3.63) is 35.5 Å². The van der Waals surface area contributed by atoms with Gasteiger partial charge in [-0.1, -0.05) is 6.07 Å². The van der Waals surface area contributed by atoms with Gasteiger partial charge in [0.05, 0.1) is 18.8 Å². The maximum absolute atomic E-state index is 12.2. The highest BCUT2D eigenvalue weighted by Crippen LogP contribution is 2.40. The second kappa shape index (κ2) is 5.30. The molecule has 0 spiro atoms. The molecule has 122 valence electrons. The van der Waals surface area contributed by atoms with Gasteiger partial charge in [0.25, 0.3) is 0 Å². The molecule has 1 aromatic heterocycles. The zero-order chi connectivity index (χ0) is 16.8. The molecule has 1 aromatic carbocycles. The lowest BCUT2D eigenvalue weighted by atomic mass is 9.87. The summed E-state index contributed by atoms with van der Waals surface area (Å²) in [7, 11) is 1.51. The molecule has 0 saturated heterocycles. The fourth-order valence-electron chi connectivity index (χ4n) is 2.94. The minimum absolute atomic E-state index is 0.0412. The smallest absolute Gasteiger partial charge is 0.226 e. The first-order chi connectivity index (χ1) is 10.8. The number of hydrogen-bond acceptors (Lipinski definition) is 4. The molecule has 6 heteroatoms. The van der Waals surface area contributed by atoms with E-state index in [4.69, 9.17) is 4.74 Å². The molecule has 0 saturated carbocycles. The number of aromatic hydroxyl groups is 1. The predicted molar refractivity (Wildman–Crippen MR) is 87.0 cm³/mol. The average molecular weight is 315 g/mol. The van der Waals surface area contributed by atoms with E-state index < -0.39 is 0 Å². The minimum Gasteiger partial charge on any atom is -0.504 e. The largest absolute Gasteiger partial charge is 0.504 e. The molecule has 3 rings (SSSR count). The summed E-state index contributed by atoms with van der Waals surface area (Å²) in [6.45, 7) is 6.12. The van der Waals surface area contributed by atoms with Crippen molar-refractivity contribution in [2.24, 2.45) is 0 Å². The van der Waals surface area contributed by atoms with Gasteiger partial charge in [0, 0.05) is 17.9 Å². The summed E-state index contributed by atoms with van der Waals surface area (Å²) in [5.74, 6) is 1.08. The lowest BCUT2D eigenvalue weighted by molar-refractivity contribution is -0.116. The van der Waals surface area contributed by atoms with E-state index in [2.05, 4.69) is 10.4 Å². The SMILES string of the molecule is COc1cc([C@H]2CC(=O)Nc3c2cnn3C(C)(C)C)ccc1O. The van der Waals surface area contributed by atoms with Crippen LogP contribution in [0.2, 0.25) is 0 Å². The zero-order valence-corrected chi connectivity index (χ0v) is 13.8. The molecule has 0 unspecified atom stereocenters. The number of nitrogens with zero attached hydrogens (tertiary/aromatic N) is 2. The highest BCUT2D eigenvalue weighted by Gasteiger charge is 2.32. The summed E-state index contributed by atoms with van der Waals surface area (Å²) < 4.78 is 7.02. The van der Waals surface area contributed by atoms with Crippen LogP contribution in [0.3, 0.4) is 0 Å². The van der Waals surface area contributed by atoms with E-state index in [1.165, 1.54) is 7.11 Å². The maximum Gasteiger partial charge on any atom is 0.226 e. The molecule has 0 aliphatic carbocycles. The fourth-order valence-corrected chi connectivity index (χ4v) is 2.94. The van der Waals surface area contributed by atoms with E-state index in [0.717, 1.165) is 16.9 Å². The number of phenols is 1. The molecule has 0 fully saturated rings. The van der Waals surface area contributed by atoms with Gasteiger partial charge in [0.15, 0.2) is 11.5 Å². The van der Waals surface area contributed by atoms with Crippen LogP contribution in [0.5, 0.6) is 11.5 Å². The number of anilines is 1. The first-order valence-electron chi connectivity index (χ1n) is 7.56. The van der Waals surface area contributed by atoms with Gasteiger partial charge in [-0.05, 0) is 38.5 Å².